The minimum atomic E-state index is -3.86. The fourth-order valence-corrected chi connectivity index (χ4v) is 3.02. The van der Waals surface area contributed by atoms with Gasteiger partial charge in [0, 0.05) is 17.5 Å². The third kappa shape index (κ3) is 3.60. The van der Waals surface area contributed by atoms with E-state index in [0.29, 0.717) is 0 Å². The van der Waals surface area contributed by atoms with Gasteiger partial charge in [-0.3, -0.25) is 0 Å². The summed E-state index contributed by atoms with van der Waals surface area (Å²) in [7, 11) is -3.86. The van der Waals surface area contributed by atoms with Gasteiger partial charge in [0.2, 0.25) is 10.0 Å². The molecule has 0 radical (unpaired) electrons. The number of hydrogen-bond acceptors (Lipinski definition) is 4. The summed E-state index contributed by atoms with van der Waals surface area (Å²) < 4.78 is 40.1. The predicted molar refractivity (Wildman–Crippen MR) is 73.7 cm³/mol. The zero-order valence-electron chi connectivity index (χ0n) is 10.5. The molecule has 1 rings (SSSR count). The lowest BCUT2D eigenvalue weighted by Gasteiger charge is -2.12. The zero-order chi connectivity index (χ0) is 13.9. The van der Waals surface area contributed by atoms with Gasteiger partial charge in [0.15, 0.2) is 0 Å². The van der Waals surface area contributed by atoms with Crippen molar-refractivity contribution >= 4 is 27.5 Å². The lowest BCUT2D eigenvalue weighted by molar-refractivity contribution is 0.553. The normalized spacial score (nSPS) is 13.6. The minimum absolute atomic E-state index is 0.116. The first-order chi connectivity index (χ1) is 8.27. The molecule has 1 atom stereocenters. The van der Waals surface area contributed by atoms with E-state index in [1.165, 1.54) is 24.8 Å². The van der Waals surface area contributed by atoms with Gasteiger partial charge in [-0.1, -0.05) is 6.92 Å². The third-order valence-corrected chi connectivity index (χ3v) is 4.89. The van der Waals surface area contributed by atoms with Crippen molar-refractivity contribution in [1.82, 2.24) is 4.72 Å². The number of halogens is 1. The van der Waals surface area contributed by atoms with Crippen LogP contribution in [-0.4, -0.2) is 26.5 Å². The molecule has 0 fully saturated rings. The second-order valence-corrected chi connectivity index (χ2v) is 7.06. The third-order valence-electron chi connectivity index (χ3n) is 2.50. The number of aryl methyl sites for hydroxylation is 1. The Labute approximate surface area is 111 Å². The van der Waals surface area contributed by atoms with Gasteiger partial charge in [0.25, 0.3) is 0 Å². The van der Waals surface area contributed by atoms with Gasteiger partial charge in [-0.2, -0.15) is 11.8 Å². The summed E-state index contributed by atoms with van der Waals surface area (Å²) in [4.78, 5) is -0.395. The minimum Gasteiger partial charge on any atom is -0.399 e. The second-order valence-electron chi connectivity index (χ2n) is 4.05. The molecular formula is C11H17FN2O2S2. The maximum Gasteiger partial charge on any atom is 0.243 e. The van der Waals surface area contributed by atoms with Crippen LogP contribution in [0.1, 0.15) is 12.5 Å². The highest BCUT2D eigenvalue weighted by molar-refractivity contribution is 7.99. The van der Waals surface area contributed by atoms with Crippen LogP contribution < -0.4 is 10.5 Å². The molecule has 0 bridgehead atoms. The Kier molecular flexibility index (Phi) is 5.01. The van der Waals surface area contributed by atoms with Crippen LogP contribution in [0, 0.1) is 12.7 Å². The van der Waals surface area contributed by atoms with Gasteiger partial charge in [0.05, 0.1) is 0 Å². The first-order valence-corrected chi connectivity index (χ1v) is 8.13. The van der Waals surface area contributed by atoms with E-state index in [-0.39, 0.29) is 23.0 Å². The molecule has 18 heavy (non-hydrogen) atoms. The summed E-state index contributed by atoms with van der Waals surface area (Å²) >= 11 is 1.53. The molecule has 0 aliphatic carbocycles. The van der Waals surface area contributed by atoms with E-state index in [2.05, 4.69) is 4.72 Å². The number of hydrogen-bond donors (Lipinski definition) is 2. The lowest BCUT2D eigenvalue weighted by atomic mass is 10.2. The average molecular weight is 292 g/mol. The van der Waals surface area contributed by atoms with Crippen molar-refractivity contribution in [3.8, 4) is 0 Å². The number of nitrogens with two attached hydrogens (primary N) is 1. The number of nitrogen functional groups attached to an aromatic ring is 1. The Morgan fingerprint density at radius 2 is 2.11 bits per heavy atom. The number of sulfonamides is 1. The van der Waals surface area contributed by atoms with E-state index in [4.69, 9.17) is 5.73 Å². The fourth-order valence-electron chi connectivity index (χ4n) is 1.35. The zero-order valence-corrected chi connectivity index (χ0v) is 12.2. The standard InChI is InChI=1S/C11H17FN2O2S2/c1-7-4-9(13)5-10(11(7)12)18(15,16)14-6-8(2)17-3/h4-5,8,14H,6,13H2,1-3H3. The molecule has 0 aliphatic rings. The van der Waals surface area contributed by atoms with Gasteiger partial charge in [-0.25, -0.2) is 17.5 Å². The molecular weight excluding hydrogens is 275 g/mol. The molecule has 3 N–H and O–H groups in total. The van der Waals surface area contributed by atoms with Gasteiger partial charge in [-0.15, -0.1) is 0 Å². The van der Waals surface area contributed by atoms with Crippen molar-refractivity contribution < 1.29 is 12.8 Å². The monoisotopic (exact) mass is 292 g/mol. The highest BCUT2D eigenvalue weighted by Gasteiger charge is 2.21. The molecule has 0 spiro atoms. The summed E-state index contributed by atoms with van der Waals surface area (Å²) in [5.74, 6) is -0.756. The van der Waals surface area contributed by atoms with Crippen LogP contribution in [0.5, 0.6) is 0 Å². The van der Waals surface area contributed by atoms with E-state index in [1.807, 2.05) is 13.2 Å². The highest BCUT2D eigenvalue weighted by Crippen LogP contribution is 2.21. The Balaban J connectivity index is 3.05. The smallest absolute Gasteiger partial charge is 0.243 e. The van der Waals surface area contributed by atoms with Crippen molar-refractivity contribution in [3.05, 3.63) is 23.5 Å². The molecule has 1 aromatic carbocycles. The number of rotatable bonds is 5. The molecule has 7 heteroatoms. The van der Waals surface area contributed by atoms with E-state index in [9.17, 15) is 12.8 Å². The van der Waals surface area contributed by atoms with Crippen LogP contribution in [0.2, 0.25) is 0 Å². The van der Waals surface area contributed by atoms with E-state index in [0.717, 1.165) is 6.07 Å². The van der Waals surface area contributed by atoms with Crippen molar-refractivity contribution in [3.63, 3.8) is 0 Å². The molecule has 0 saturated carbocycles. The van der Waals surface area contributed by atoms with Crippen LogP contribution in [0.3, 0.4) is 0 Å². The van der Waals surface area contributed by atoms with Crippen LogP contribution >= 0.6 is 11.8 Å². The van der Waals surface area contributed by atoms with Crippen molar-refractivity contribution in [1.29, 1.82) is 0 Å². The first kappa shape index (κ1) is 15.3. The van der Waals surface area contributed by atoms with Gasteiger partial charge >= 0.3 is 0 Å². The summed E-state index contributed by atoms with van der Waals surface area (Å²) in [6, 6.07) is 2.54. The lowest BCUT2D eigenvalue weighted by Crippen LogP contribution is -2.30. The largest absolute Gasteiger partial charge is 0.399 e. The highest BCUT2D eigenvalue weighted by atomic mass is 32.2. The summed E-state index contributed by atoms with van der Waals surface area (Å²) in [5, 5.41) is 0.116. The molecule has 0 aromatic heterocycles. The molecule has 0 heterocycles. The first-order valence-electron chi connectivity index (χ1n) is 5.36. The SMILES string of the molecule is CSC(C)CNS(=O)(=O)c1cc(N)cc(C)c1F. The quantitative estimate of drug-likeness (QED) is 0.811. The fraction of sp³-hybridized carbons (Fsp3) is 0.455. The molecule has 0 saturated heterocycles. The van der Waals surface area contributed by atoms with E-state index in [1.54, 1.807) is 0 Å². The predicted octanol–water partition coefficient (Wildman–Crippen LogP) is 1.75. The molecule has 102 valence electrons. The Morgan fingerprint density at radius 1 is 1.50 bits per heavy atom. The molecule has 0 amide bonds. The molecule has 1 aromatic rings. The van der Waals surface area contributed by atoms with E-state index < -0.39 is 20.7 Å². The van der Waals surface area contributed by atoms with Crippen molar-refractivity contribution in [2.45, 2.75) is 24.0 Å². The number of benzene rings is 1. The van der Waals surface area contributed by atoms with Crippen molar-refractivity contribution in [2.24, 2.45) is 0 Å². The second kappa shape index (κ2) is 5.90. The van der Waals surface area contributed by atoms with Crippen LogP contribution in [0.15, 0.2) is 17.0 Å². The Morgan fingerprint density at radius 3 is 2.67 bits per heavy atom. The topological polar surface area (TPSA) is 72.2 Å². The van der Waals surface area contributed by atoms with Crippen LogP contribution in [0.25, 0.3) is 0 Å². The maximum atomic E-state index is 13.8. The number of anilines is 1. The van der Waals surface area contributed by atoms with E-state index >= 15 is 0 Å². The average Bonchev–Trinajstić information content (AvgIpc) is 2.30. The van der Waals surface area contributed by atoms with Gasteiger partial charge in [0.1, 0.15) is 10.7 Å². The molecule has 4 nitrogen and oxygen atoms in total. The van der Waals surface area contributed by atoms with Crippen LogP contribution in [-0.2, 0) is 10.0 Å². The summed E-state index contributed by atoms with van der Waals surface area (Å²) in [5.41, 5.74) is 5.99. The molecule has 0 aliphatic heterocycles. The Hall–Kier alpha value is -0.790. The maximum absolute atomic E-state index is 13.8. The Bertz CT molecular complexity index is 532. The van der Waals surface area contributed by atoms with Gasteiger partial charge in [-0.05, 0) is 30.9 Å². The van der Waals surface area contributed by atoms with Crippen molar-refractivity contribution in [2.75, 3.05) is 18.5 Å². The van der Waals surface area contributed by atoms with Crippen LogP contribution in [0.4, 0.5) is 10.1 Å². The van der Waals surface area contributed by atoms with Gasteiger partial charge < -0.3 is 5.73 Å². The number of nitrogens with one attached hydrogen (secondary N) is 1. The molecule has 1 unspecified atom stereocenters. The summed E-state index contributed by atoms with van der Waals surface area (Å²) in [6.07, 6.45) is 1.88. The number of thioether (sulfide) groups is 1. The summed E-state index contributed by atoms with van der Waals surface area (Å²) in [6.45, 7) is 3.61.